The zero-order valence-corrected chi connectivity index (χ0v) is 12.6. The van der Waals surface area contributed by atoms with Crippen molar-refractivity contribution in [3.8, 4) is 23.0 Å². The molecule has 1 aromatic heterocycles. The maximum Gasteiger partial charge on any atom is 0.163 e. The Hall–Kier alpha value is -2.58. The Morgan fingerprint density at radius 2 is 1.86 bits per heavy atom. The quantitative estimate of drug-likeness (QED) is 0.678. The Balaban J connectivity index is 2.17. The first-order valence-electron chi connectivity index (χ1n) is 6.62. The van der Waals surface area contributed by atoms with Crippen molar-refractivity contribution in [1.82, 2.24) is 9.78 Å². The molecule has 0 bridgehead atoms. The second-order valence-electron chi connectivity index (χ2n) is 4.62. The molecule has 0 aliphatic rings. The van der Waals surface area contributed by atoms with Crippen LogP contribution in [0.4, 0.5) is 4.39 Å². The van der Waals surface area contributed by atoms with E-state index in [4.69, 9.17) is 5.26 Å². The van der Waals surface area contributed by atoms with E-state index >= 15 is 0 Å². The number of hydrogen-bond donors (Lipinski definition) is 0. The minimum absolute atomic E-state index is 0.257. The number of para-hydroxylation sites is 1. The Morgan fingerprint density at radius 3 is 2.50 bits per heavy atom. The first kappa shape index (κ1) is 14.4. The van der Waals surface area contributed by atoms with E-state index in [0.29, 0.717) is 11.4 Å². The molecule has 0 amide bonds. The fraction of sp³-hybridized carbons (Fsp3) is 0.0588. The molecular formula is C17H12FN3S. The highest BCUT2D eigenvalue weighted by molar-refractivity contribution is 7.98. The summed E-state index contributed by atoms with van der Waals surface area (Å²) < 4.78 is 15.5. The molecule has 0 radical (unpaired) electrons. The first-order chi connectivity index (χ1) is 10.7. The summed E-state index contributed by atoms with van der Waals surface area (Å²) in [5, 5.41) is 13.3. The predicted molar refractivity (Wildman–Crippen MR) is 85.5 cm³/mol. The number of benzene rings is 2. The van der Waals surface area contributed by atoms with Gasteiger partial charge in [-0.3, -0.25) is 0 Å². The smallest absolute Gasteiger partial charge is 0.163 e. The number of nitriles is 1. The molecule has 22 heavy (non-hydrogen) atoms. The van der Waals surface area contributed by atoms with Gasteiger partial charge < -0.3 is 0 Å². The minimum Gasteiger partial charge on any atom is -0.229 e. The number of rotatable bonds is 3. The molecule has 1 heterocycles. The van der Waals surface area contributed by atoms with E-state index in [2.05, 4.69) is 5.10 Å². The highest BCUT2D eigenvalue weighted by Crippen LogP contribution is 2.27. The molecular weight excluding hydrogens is 297 g/mol. The second kappa shape index (κ2) is 6.04. The van der Waals surface area contributed by atoms with Crippen LogP contribution in [0.2, 0.25) is 0 Å². The van der Waals surface area contributed by atoms with Crippen LogP contribution in [0, 0.1) is 17.1 Å². The van der Waals surface area contributed by atoms with Gasteiger partial charge in [-0.05, 0) is 30.5 Å². The van der Waals surface area contributed by atoms with Gasteiger partial charge >= 0.3 is 0 Å². The molecule has 0 aliphatic carbocycles. The van der Waals surface area contributed by atoms with E-state index in [1.54, 1.807) is 36.0 Å². The summed E-state index contributed by atoms with van der Waals surface area (Å²) >= 11 is 1.65. The van der Waals surface area contributed by atoms with Crippen LogP contribution < -0.4 is 0 Å². The van der Waals surface area contributed by atoms with Crippen molar-refractivity contribution in [1.29, 1.82) is 5.26 Å². The third kappa shape index (κ3) is 2.61. The first-order valence-corrected chi connectivity index (χ1v) is 7.85. The molecule has 0 atom stereocenters. The molecule has 2 aromatic carbocycles. The third-order valence-corrected chi connectivity index (χ3v) is 4.03. The second-order valence-corrected chi connectivity index (χ2v) is 5.50. The zero-order chi connectivity index (χ0) is 15.5. The highest BCUT2D eigenvalue weighted by atomic mass is 32.2. The summed E-state index contributed by atoms with van der Waals surface area (Å²) in [5.41, 5.74) is 2.16. The van der Waals surface area contributed by atoms with E-state index < -0.39 is 0 Å². The largest absolute Gasteiger partial charge is 0.229 e. The van der Waals surface area contributed by atoms with Crippen molar-refractivity contribution >= 4 is 11.8 Å². The molecule has 0 N–H and O–H groups in total. The lowest BCUT2D eigenvalue weighted by molar-refractivity contribution is 0.611. The van der Waals surface area contributed by atoms with Gasteiger partial charge in [0.05, 0.1) is 5.69 Å². The predicted octanol–water partition coefficient (Wildman–Crippen LogP) is 4.27. The van der Waals surface area contributed by atoms with Crippen molar-refractivity contribution < 1.29 is 4.39 Å². The molecule has 108 valence electrons. The van der Waals surface area contributed by atoms with Gasteiger partial charge in [-0.25, -0.2) is 9.07 Å². The van der Waals surface area contributed by atoms with Crippen LogP contribution in [0.15, 0.2) is 59.5 Å². The number of aromatic nitrogens is 2. The molecule has 0 fully saturated rings. The van der Waals surface area contributed by atoms with Crippen LogP contribution in [0.1, 0.15) is 5.69 Å². The summed E-state index contributed by atoms with van der Waals surface area (Å²) in [5.74, 6) is -0.378. The summed E-state index contributed by atoms with van der Waals surface area (Å²) in [6.45, 7) is 0. The average molecular weight is 309 g/mol. The van der Waals surface area contributed by atoms with Gasteiger partial charge in [0.2, 0.25) is 0 Å². The Kier molecular flexibility index (Phi) is 3.94. The van der Waals surface area contributed by atoms with Crippen molar-refractivity contribution in [2.45, 2.75) is 4.90 Å². The van der Waals surface area contributed by atoms with Crippen molar-refractivity contribution in [2.75, 3.05) is 6.26 Å². The Morgan fingerprint density at radius 1 is 1.14 bits per heavy atom. The topological polar surface area (TPSA) is 41.6 Å². The molecule has 0 unspecified atom stereocenters. The minimum atomic E-state index is -0.378. The van der Waals surface area contributed by atoms with E-state index in [9.17, 15) is 4.39 Å². The fourth-order valence-corrected chi connectivity index (χ4v) is 2.62. The Labute approximate surface area is 132 Å². The number of thioether (sulfide) groups is 1. The van der Waals surface area contributed by atoms with Crippen molar-refractivity contribution in [3.05, 3.63) is 66.1 Å². The van der Waals surface area contributed by atoms with Gasteiger partial charge in [0.15, 0.2) is 5.69 Å². The van der Waals surface area contributed by atoms with Crippen LogP contribution >= 0.6 is 11.8 Å². The average Bonchev–Trinajstić information content (AvgIpc) is 2.99. The lowest BCUT2D eigenvalue weighted by atomic mass is 10.1. The van der Waals surface area contributed by atoms with Gasteiger partial charge in [-0.1, -0.05) is 24.3 Å². The fourth-order valence-electron chi connectivity index (χ4n) is 2.21. The summed E-state index contributed by atoms with van der Waals surface area (Å²) in [6.07, 6.45) is 2.01. The monoisotopic (exact) mass is 309 g/mol. The number of nitrogens with zero attached hydrogens (tertiary/aromatic N) is 3. The van der Waals surface area contributed by atoms with Gasteiger partial charge in [0.25, 0.3) is 0 Å². The third-order valence-electron chi connectivity index (χ3n) is 3.29. The number of halogens is 1. The molecule has 0 aliphatic heterocycles. The number of hydrogen-bond acceptors (Lipinski definition) is 3. The zero-order valence-electron chi connectivity index (χ0n) is 11.8. The summed E-state index contributed by atoms with van der Waals surface area (Å²) in [6, 6.07) is 17.9. The van der Waals surface area contributed by atoms with Crippen molar-refractivity contribution in [3.63, 3.8) is 0 Å². The van der Waals surface area contributed by atoms with Crippen molar-refractivity contribution in [2.24, 2.45) is 0 Å². The molecule has 0 saturated carbocycles. The van der Waals surface area contributed by atoms with Crippen LogP contribution in [-0.4, -0.2) is 16.0 Å². The maximum atomic E-state index is 14.1. The van der Waals surface area contributed by atoms with Crippen LogP contribution in [0.5, 0.6) is 0 Å². The van der Waals surface area contributed by atoms with Crippen LogP contribution in [0.3, 0.4) is 0 Å². The van der Waals surface area contributed by atoms with Gasteiger partial charge in [0, 0.05) is 16.5 Å². The maximum absolute atomic E-state index is 14.1. The molecule has 5 heteroatoms. The summed E-state index contributed by atoms with van der Waals surface area (Å²) in [7, 11) is 0. The lowest BCUT2D eigenvalue weighted by Crippen LogP contribution is -2.02. The Bertz CT molecular complexity index is 847. The van der Waals surface area contributed by atoms with E-state index in [-0.39, 0.29) is 11.5 Å². The van der Waals surface area contributed by atoms with Crippen LogP contribution in [0.25, 0.3) is 16.9 Å². The van der Waals surface area contributed by atoms with Gasteiger partial charge in [-0.15, -0.1) is 11.8 Å². The molecule has 0 spiro atoms. The molecule has 3 nitrogen and oxygen atoms in total. The highest BCUT2D eigenvalue weighted by Gasteiger charge is 2.14. The van der Waals surface area contributed by atoms with E-state index in [1.165, 1.54) is 10.7 Å². The standard InChI is InChI=1S/C17H12FN3S/c1-22-14-8-6-12(7-9-14)17-10-13(11-19)20-21(17)16-5-3-2-4-15(16)18/h2-10H,1H3. The molecule has 3 rings (SSSR count). The summed E-state index contributed by atoms with van der Waals surface area (Å²) in [4.78, 5) is 1.14. The normalized spacial score (nSPS) is 10.4. The lowest BCUT2D eigenvalue weighted by Gasteiger charge is -2.08. The molecule has 0 saturated heterocycles. The SMILES string of the molecule is CSc1ccc(-c2cc(C#N)nn2-c2ccccc2F)cc1. The van der Waals surface area contributed by atoms with E-state index in [1.807, 2.05) is 36.6 Å². The van der Waals surface area contributed by atoms with Gasteiger partial charge in [0.1, 0.15) is 17.6 Å². The van der Waals surface area contributed by atoms with E-state index in [0.717, 1.165) is 10.5 Å². The molecule has 3 aromatic rings. The van der Waals surface area contributed by atoms with Crippen LogP contribution in [-0.2, 0) is 0 Å². The van der Waals surface area contributed by atoms with Gasteiger partial charge in [-0.2, -0.15) is 10.4 Å².